The Morgan fingerprint density at radius 3 is 2.48 bits per heavy atom. The number of nitrogens with two attached hydrogens (primary N) is 1. The van der Waals surface area contributed by atoms with Crippen LogP contribution in [0.5, 0.6) is 0 Å². The molecule has 8 heteroatoms. The summed E-state index contributed by atoms with van der Waals surface area (Å²) in [4.78, 5) is 19.3. The minimum absolute atomic E-state index is 0. The fourth-order valence-electron chi connectivity index (χ4n) is 4.09. The van der Waals surface area contributed by atoms with Crippen molar-refractivity contribution in [2.45, 2.75) is 70.9 Å². The molecule has 2 aliphatic rings. The lowest BCUT2D eigenvalue weighted by atomic mass is 9.81. The first-order valence-corrected chi connectivity index (χ1v) is 8.94. The van der Waals surface area contributed by atoms with Gasteiger partial charge in [0.1, 0.15) is 11.6 Å². The number of hydrogen-bond acceptors (Lipinski definition) is 4. The topological polar surface area (TPSA) is 77.0 Å². The molecule has 0 bridgehead atoms. The molecule has 1 saturated carbocycles. The van der Waals surface area contributed by atoms with Gasteiger partial charge in [-0.1, -0.05) is 19.3 Å². The van der Waals surface area contributed by atoms with E-state index in [1.165, 1.54) is 6.42 Å². The summed E-state index contributed by atoms with van der Waals surface area (Å²) in [7, 11) is 0. The maximum atomic E-state index is 12.9. The molecule has 2 heterocycles. The summed E-state index contributed by atoms with van der Waals surface area (Å²) < 4.78 is 1.98. The van der Waals surface area contributed by atoms with Crippen LogP contribution in [0.2, 0.25) is 0 Å². The molecule has 1 aliphatic carbocycles. The van der Waals surface area contributed by atoms with E-state index in [0.717, 1.165) is 69.8 Å². The Kier molecular flexibility index (Phi) is 8.16. The fraction of sp³-hybridized carbons (Fsp3) is 0.824. The van der Waals surface area contributed by atoms with Crippen molar-refractivity contribution in [2.75, 3.05) is 13.1 Å². The average molecular weight is 392 g/mol. The fourth-order valence-corrected chi connectivity index (χ4v) is 4.09. The van der Waals surface area contributed by atoms with Gasteiger partial charge in [0.25, 0.3) is 0 Å². The predicted molar refractivity (Wildman–Crippen MR) is 103 cm³/mol. The van der Waals surface area contributed by atoms with Crippen LogP contribution in [0.1, 0.15) is 56.6 Å². The van der Waals surface area contributed by atoms with E-state index >= 15 is 0 Å². The minimum Gasteiger partial charge on any atom is -0.341 e. The van der Waals surface area contributed by atoms with Crippen molar-refractivity contribution >= 4 is 30.7 Å². The van der Waals surface area contributed by atoms with E-state index in [4.69, 9.17) is 5.73 Å². The molecular weight excluding hydrogens is 361 g/mol. The zero-order chi connectivity index (χ0) is 16.4. The van der Waals surface area contributed by atoms with Crippen LogP contribution in [0.3, 0.4) is 0 Å². The van der Waals surface area contributed by atoms with Crippen LogP contribution in [-0.2, 0) is 11.3 Å². The van der Waals surface area contributed by atoms with Crippen LogP contribution in [0.25, 0.3) is 0 Å². The summed E-state index contributed by atoms with van der Waals surface area (Å²) in [5, 5.41) is 4.46. The molecule has 1 saturated heterocycles. The van der Waals surface area contributed by atoms with Gasteiger partial charge in [0.05, 0.1) is 5.54 Å². The van der Waals surface area contributed by atoms with E-state index in [9.17, 15) is 4.79 Å². The third-order valence-corrected chi connectivity index (χ3v) is 5.37. The third kappa shape index (κ3) is 5.08. The summed E-state index contributed by atoms with van der Waals surface area (Å²) in [6.07, 6.45) is 7.25. The summed E-state index contributed by atoms with van der Waals surface area (Å²) in [6.45, 7) is 6.40. The molecule has 3 rings (SSSR count). The normalized spacial score (nSPS) is 22.7. The standard InChI is InChI=1S/C17H29N5O.2ClH/c1-13-19-14(2)22(20-13)12-15-7-6-10-21(11-15)16(23)17(18)8-4-3-5-9-17;;/h15H,3-12,18H2,1-2H3;2*1H. The van der Waals surface area contributed by atoms with Gasteiger partial charge in [-0.15, -0.1) is 24.8 Å². The van der Waals surface area contributed by atoms with Gasteiger partial charge < -0.3 is 10.6 Å². The highest BCUT2D eigenvalue weighted by atomic mass is 35.5. The smallest absolute Gasteiger partial charge is 0.242 e. The first kappa shape index (κ1) is 22.2. The van der Waals surface area contributed by atoms with E-state index in [1.54, 1.807) is 0 Å². The van der Waals surface area contributed by atoms with Crippen LogP contribution in [0.4, 0.5) is 0 Å². The second-order valence-corrected chi connectivity index (χ2v) is 7.36. The van der Waals surface area contributed by atoms with Crippen LogP contribution >= 0.6 is 24.8 Å². The van der Waals surface area contributed by atoms with Crippen molar-refractivity contribution < 1.29 is 4.79 Å². The Hall–Kier alpha value is -0.850. The molecule has 25 heavy (non-hydrogen) atoms. The molecule has 0 spiro atoms. The van der Waals surface area contributed by atoms with Crippen molar-refractivity contribution in [1.82, 2.24) is 19.7 Å². The molecule has 1 aromatic heterocycles. The maximum absolute atomic E-state index is 12.9. The highest BCUT2D eigenvalue weighted by molar-refractivity contribution is 5.86. The van der Waals surface area contributed by atoms with Gasteiger partial charge in [-0.2, -0.15) is 5.10 Å². The number of likely N-dealkylation sites (tertiary alicyclic amines) is 1. The van der Waals surface area contributed by atoms with Crippen LogP contribution < -0.4 is 5.73 Å². The lowest BCUT2D eigenvalue weighted by molar-refractivity contribution is -0.140. The van der Waals surface area contributed by atoms with Gasteiger partial charge in [-0.25, -0.2) is 9.67 Å². The predicted octanol–water partition coefficient (Wildman–Crippen LogP) is 2.64. The number of piperidine rings is 1. The Morgan fingerprint density at radius 2 is 1.88 bits per heavy atom. The number of nitrogens with zero attached hydrogens (tertiary/aromatic N) is 4. The van der Waals surface area contributed by atoms with E-state index in [-0.39, 0.29) is 30.7 Å². The van der Waals surface area contributed by atoms with Crippen LogP contribution in [0, 0.1) is 19.8 Å². The highest BCUT2D eigenvalue weighted by Gasteiger charge is 2.39. The van der Waals surface area contributed by atoms with Crippen molar-refractivity contribution in [3.8, 4) is 0 Å². The second kappa shape index (κ2) is 9.19. The number of aromatic nitrogens is 3. The summed E-state index contributed by atoms with van der Waals surface area (Å²) in [5.41, 5.74) is 5.83. The van der Waals surface area contributed by atoms with Crippen molar-refractivity contribution in [3.63, 3.8) is 0 Å². The first-order valence-electron chi connectivity index (χ1n) is 8.94. The number of rotatable bonds is 3. The molecule has 144 valence electrons. The maximum Gasteiger partial charge on any atom is 0.242 e. The van der Waals surface area contributed by atoms with Gasteiger partial charge in [0.2, 0.25) is 5.91 Å². The van der Waals surface area contributed by atoms with Gasteiger partial charge in [0, 0.05) is 19.6 Å². The number of aryl methyl sites for hydroxylation is 2. The zero-order valence-corrected chi connectivity index (χ0v) is 16.9. The van der Waals surface area contributed by atoms with Crippen LogP contribution in [-0.4, -0.2) is 44.2 Å². The molecule has 1 aromatic rings. The summed E-state index contributed by atoms with van der Waals surface area (Å²) >= 11 is 0. The van der Waals surface area contributed by atoms with E-state index in [1.807, 2.05) is 23.4 Å². The molecule has 6 nitrogen and oxygen atoms in total. The Morgan fingerprint density at radius 1 is 1.20 bits per heavy atom. The number of amides is 1. The Balaban J connectivity index is 0.00000156. The molecule has 0 radical (unpaired) electrons. The Bertz CT molecular complexity index is 571. The summed E-state index contributed by atoms with van der Waals surface area (Å²) in [5.74, 6) is 2.39. The van der Waals surface area contributed by atoms with Crippen molar-refractivity contribution in [2.24, 2.45) is 11.7 Å². The third-order valence-electron chi connectivity index (χ3n) is 5.37. The van der Waals surface area contributed by atoms with Gasteiger partial charge in [-0.3, -0.25) is 4.79 Å². The summed E-state index contributed by atoms with van der Waals surface area (Å²) in [6, 6.07) is 0. The molecule has 1 aliphatic heterocycles. The molecule has 0 aromatic carbocycles. The molecule has 1 amide bonds. The number of carbonyl (C=O) groups is 1. The molecule has 1 atom stereocenters. The quantitative estimate of drug-likeness (QED) is 0.858. The minimum atomic E-state index is -0.611. The highest BCUT2D eigenvalue weighted by Crippen LogP contribution is 2.29. The van der Waals surface area contributed by atoms with E-state index in [0.29, 0.717) is 5.92 Å². The van der Waals surface area contributed by atoms with Gasteiger partial charge in [-0.05, 0) is 45.4 Å². The zero-order valence-electron chi connectivity index (χ0n) is 15.2. The van der Waals surface area contributed by atoms with Gasteiger partial charge in [0.15, 0.2) is 0 Å². The van der Waals surface area contributed by atoms with Gasteiger partial charge >= 0.3 is 0 Å². The van der Waals surface area contributed by atoms with E-state index < -0.39 is 5.54 Å². The number of halogens is 2. The lowest BCUT2D eigenvalue weighted by Crippen LogP contribution is -2.58. The van der Waals surface area contributed by atoms with Crippen LogP contribution in [0.15, 0.2) is 0 Å². The molecule has 1 unspecified atom stereocenters. The first-order chi connectivity index (χ1) is 11.0. The molecular formula is C17H31Cl2N5O. The number of carbonyl (C=O) groups excluding carboxylic acids is 1. The average Bonchev–Trinajstić information content (AvgIpc) is 2.85. The second-order valence-electron chi connectivity index (χ2n) is 7.36. The lowest BCUT2D eigenvalue weighted by Gasteiger charge is -2.40. The van der Waals surface area contributed by atoms with Crippen molar-refractivity contribution in [1.29, 1.82) is 0 Å². The van der Waals surface area contributed by atoms with Crippen molar-refractivity contribution in [3.05, 3.63) is 11.6 Å². The molecule has 2 fully saturated rings. The largest absolute Gasteiger partial charge is 0.341 e. The SMILES string of the molecule is Cc1nc(C)n(CC2CCCN(C(=O)C3(N)CCCCC3)C2)n1.Cl.Cl. The number of hydrogen-bond donors (Lipinski definition) is 1. The van der Waals surface area contributed by atoms with E-state index in [2.05, 4.69) is 10.1 Å². The molecule has 2 N–H and O–H groups in total. The monoisotopic (exact) mass is 391 g/mol. The Labute approximate surface area is 162 Å².